The second-order valence-corrected chi connectivity index (χ2v) is 11.8. The molecule has 1 heterocycles. The Bertz CT molecular complexity index is 479. The van der Waals surface area contributed by atoms with Gasteiger partial charge in [-0.05, 0) is 23.7 Å². The molecule has 1 saturated heterocycles. The van der Waals surface area contributed by atoms with Gasteiger partial charge in [-0.15, -0.1) is 0 Å². The lowest BCUT2D eigenvalue weighted by Gasteiger charge is -2.39. The van der Waals surface area contributed by atoms with Crippen molar-refractivity contribution in [3.8, 4) is 0 Å². The Balaban J connectivity index is 2.20. The molecule has 0 aromatic heterocycles. The molecule has 1 aliphatic rings. The van der Waals surface area contributed by atoms with Crippen LogP contribution in [0.2, 0.25) is 18.1 Å². The molecule has 1 N–H and O–H groups in total. The van der Waals surface area contributed by atoms with E-state index in [-0.39, 0.29) is 23.1 Å². The van der Waals surface area contributed by atoms with E-state index in [9.17, 15) is 4.79 Å². The predicted octanol–water partition coefficient (Wildman–Crippen LogP) is 3.64. The van der Waals surface area contributed by atoms with Gasteiger partial charge < -0.3 is 9.74 Å². The van der Waals surface area contributed by atoms with Crippen molar-refractivity contribution in [1.82, 2.24) is 5.32 Å². The van der Waals surface area contributed by atoms with Crippen molar-refractivity contribution in [2.75, 3.05) is 0 Å². The molecule has 0 spiro atoms. The number of hydrogen-bond donors (Lipinski definition) is 1. The third kappa shape index (κ3) is 3.12. The minimum atomic E-state index is -1.87. The highest BCUT2D eigenvalue weighted by Gasteiger charge is 2.43. The largest absolute Gasteiger partial charge is 0.411 e. The van der Waals surface area contributed by atoms with Gasteiger partial charge in [0.05, 0.1) is 18.6 Å². The summed E-state index contributed by atoms with van der Waals surface area (Å²) in [7, 11) is -1.87. The zero-order valence-corrected chi connectivity index (χ0v) is 14.1. The molecule has 1 aromatic rings. The van der Waals surface area contributed by atoms with E-state index < -0.39 is 8.32 Å². The van der Waals surface area contributed by atoms with Crippen LogP contribution in [0.1, 0.15) is 38.8 Å². The van der Waals surface area contributed by atoms with Crippen molar-refractivity contribution < 1.29 is 9.22 Å². The van der Waals surface area contributed by atoms with Gasteiger partial charge in [0.2, 0.25) is 5.91 Å². The van der Waals surface area contributed by atoms with E-state index in [0.29, 0.717) is 6.42 Å². The van der Waals surface area contributed by atoms with Crippen molar-refractivity contribution in [3.63, 3.8) is 0 Å². The third-order valence-electron chi connectivity index (χ3n) is 4.49. The Kier molecular flexibility index (Phi) is 4.07. The molecule has 1 aromatic carbocycles. The smallest absolute Gasteiger partial charge is 0.223 e. The Hall–Kier alpha value is -1.13. The molecular formula is C16H25NO2Si. The lowest BCUT2D eigenvalue weighted by molar-refractivity contribution is -0.119. The molecule has 2 rings (SSSR count). The van der Waals surface area contributed by atoms with Gasteiger partial charge in [0.15, 0.2) is 8.32 Å². The average molecular weight is 291 g/mol. The molecule has 20 heavy (non-hydrogen) atoms. The van der Waals surface area contributed by atoms with Crippen LogP contribution >= 0.6 is 0 Å². The summed E-state index contributed by atoms with van der Waals surface area (Å²) in [5.41, 5.74) is 1.13. The number of carbonyl (C=O) groups is 1. The van der Waals surface area contributed by atoms with Gasteiger partial charge in [0.25, 0.3) is 0 Å². The quantitative estimate of drug-likeness (QED) is 0.864. The summed E-state index contributed by atoms with van der Waals surface area (Å²) in [4.78, 5) is 11.8. The van der Waals surface area contributed by atoms with Crippen LogP contribution in [0, 0.1) is 0 Å². The Morgan fingerprint density at radius 2 is 1.80 bits per heavy atom. The van der Waals surface area contributed by atoms with Crippen molar-refractivity contribution in [1.29, 1.82) is 0 Å². The van der Waals surface area contributed by atoms with Crippen LogP contribution in [0.25, 0.3) is 0 Å². The maximum absolute atomic E-state index is 11.8. The second-order valence-electron chi connectivity index (χ2n) is 7.08. The molecule has 4 heteroatoms. The summed E-state index contributed by atoms with van der Waals surface area (Å²) >= 11 is 0. The highest BCUT2D eigenvalue weighted by atomic mass is 28.4. The van der Waals surface area contributed by atoms with Gasteiger partial charge in [0.1, 0.15) is 0 Å². The summed E-state index contributed by atoms with van der Waals surface area (Å²) in [6.45, 7) is 11.1. The van der Waals surface area contributed by atoms with Crippen LogP contribution in [-0.2, 0) is 9.22 Å². The lowest BCUT2D eigenvalue weighted by atomic mass is 10.0. The fourth-order valence-corrected chi connectivity index (χ4v) is 3.58. The summed E-state index contributed by atoms with van der Waals surface area (Å²) in [6.07, 6.45) is 0.414. The Morgan fingerprint density at radius 3 is 2.35 bits per heavy atom. The highest BCUT2D eigenvalue weighted by Crippen LogP contribution is 2.40. The lowest BCUT2D eigenvalue weighted by Crippen LogP contribution is -2.45. The Morgan fingerprint density at radius 1 is 1.20 bits per heavy atom. The fraction of sp³-hybridized carbons (Fsp3) is 0.562. The molecule has 1 fully saturated rings. The molecule has 0 radical (unpaired) electrons. The molecule has 110 valence electrons. The second kappa shape index (κ2) is 5.33. The Labute approximate surface area is 122 Å². The molecule has 0 aliphatic carbocycles. The summed E-state index contributed by atoms with van der Waals surface area (Å²) in [6, 6.07) is 10.1. The minimum Gasteiger partial charge on any atom is -0.411 e. The third-order valence-corrected chi connectivity index (χ3v) is 8.99. The van der Waals surface area contributed by atoms with E-state index in [1.54, 1.807) is 0 Å². The number of amides is 1. The van der Waals surface area contributed by atoms with Crippen molar-refractivity contribution in [3.05, 3.63) is 35.9 Å². The van der Waals surface area contributed by atoms with Gasteiger partial charge in [-0.1, -0.05) is 51.1 Å². The minimum absolute atomic E-state index is 0.0159. The van der Waals surface area contributed by atoms with E-state index in [4.69, 9.17) is 4.43 Å². The number of benzene rings is 1. The van der Waals surface area contributed by atoms with Gasteiger partial charge in [-0.25, -0.2) is 0 Å². The van der Waals surface area contributed by atoms with Gasteiger partial charge in [0, 0.05) is 0 Å². The normalized spacial score (nSPS) is 23.8. The van der Waals surface area contributed by atoms with Gasteiger partial charge >= 0.3 is 0 Å². The first-order chi connectivity index (χ1) is 9.21. The van der Waals surface area contributed by atoms with Crippen LogP contribution in [-0.4, -0.2) is 20.3 Å². The SMILES string of the molecule is CC(C)(C)[Si](C)(C)OC1CC(=O)N[C@@H]1c1ccccc1. The molecule has 1 aliphatic heterocycles. The van der Waals surface area contributed by atoms with Crippen molar-refractivity contribution in [2.45, 2.75) is 57.5 Å². The van der Waals surface area contributed by atoms with E-state index in [2.05, 4.69) is 51.3 Å². The zero-order valence-electron chi connectivity index (χ0n) is 13.1. The average Bonchev–Trinajstić information content (AvgIpc) is 2.69. The first kappa shape index (κ1) is 15.3. The molecular weight excluding hydrogens is 266 g/mol. The number of carbonyl (C=O) groups excluding carboxylic acids is 1. The highest BCUT2D eigenvalue weighted by molar-refractivity contribution is 6.74. The summed E-state index contributed by atoms with van der Waals surface area (Å²) in [5.74, 6) is 0.0857. The molecule has 1 unspecified atom stereocenters. The monoisotopic (exact) mass is 291 g/mol. The molecule has 1 amide bonds. The standard InChI is InChI=1S/C16H25NO2Si/c1-16(2,3)20(4,5)19-13-11-14(18)17-15(13)12-9-7-6-8-10-12/h6-10,13,15H,11H2,1-5H3,(H,17,18)/t13?,15-/m1/s1. The summed E-state index contributed by atoms with van der Waals surface area (Å²) < 4.78 is 6.46. The first-order valence-corrected chi connectivity index (χ1v) is 10.1. The van der Waals surface area contributed by atoms with Crippen LogP contribution in [0.15, 0.2) is 30.3 Å². The van der Waals surface area contributed by atoms with Crippen molar-refractivity contribution in [2.24, 2.45) is 0 Å². The molecule has 3 nitrogen and oxygen atoms in total. The van der Waals surface area contributed by atoms with E-state index in [1.807, 2.05) is 18.2 Å². The number of hydrogen-bond acceptors (Lipinski definition) is 2. The van der Waals surface area contributed by atoms with E-state index >= 15 is 0 Å². The molecule has 0 saturated carbocycles. The fourth-order valence-electron chi connectivity index (χ4n) is 2.25. The number of nitrogens with one attached hydrogen (secondary N) is 1. The maximum atomic E-state index is 11.8. The van der Waals surface area contributed by atoms with Gasteiger partial charge in [-0.2, -0.15) is 0 Å². The predicted molar refractivity (Wildman–Crippen MR) is 84.0 cm³/mol. The van der Waals surface area contributed by atoms with Crippen molar-refractivity contribution >= 4 is 14.2 Å². The zero-order chi connectivity index (χ0) is 15.0. The van der Waals surface area contributed by atoms with Crippen LogP contribution in [0.4, 0.5) is 0 Å². The van der Waals surface area contributed by atoms with Crippen LogP contribution in [0.3, 0.4) is 0 Å². The van der Waals surface area contributed by atoms with Gasteiger partial charge in [-0.3, -0.25) is 4.79 Å². The number of rotatable bonds is 3. The van der Waals surface area contributed by atoms with E-state index in [1.165, 1.54) is 0 Å². The molecule has 2 atom stereocenters. The van der Waals surface area contributed by atoms with E-state index in [0.717, 1.165) is 5.56 Å². The molecule has 0 bridgehead atoms. The first-order valence-electron chi connectivity index (χ1n) is 7.23. The topological polar surface area (TPSA) is 38.3 Å². The van der Waals surface area contributed by atoms with Crippen LogP contribution in [0.5, 0.6) is 0 Å². The van der Waals surface area contributed by atoms with Crippen LogP contribution < -0.4 is 5.32 Å². The maximum Gasteiger partial charge on any atom is 0.223 e. The summed E-state index contributed by atoms with van der Waals surface area (Å²) in [5, 5.41) is 3.21.